The molecule has 0 aromatic heterocycles. The molecule has 0 bridgehead atoms. The SMILES string of the molecule is COc1cc(/C=C/C(=O)OCC(=O)NCCc2ccc(Cl)cc2)cc(OC)c1. The fourth-order valence-electron chi connectivity index (χ4n) is 2.32. The Balaban J connectivity index is 1.74. The monoisotopic (exact) mass is 403 g/mol. The molecule has 0 aliphatic carbocycles. The van der Waals surface area contributed by atoms with E-state index in [1.54, 1.807) is 50.6 Å². The van der Waals surface area contributed by atoms with Crippen molar-refractivity contribution in [1.29, 1.82) is 0 Å². The van der Waals surface area contributed by atoms with Gasteiger partial charge in [0.25, 0.3) is 5.91 Å². The van der Waals surface area contributed by atoms with E-state index >= 15 is 0 Å². The van der Waals surface area contributed by atoms with Crippen LogP contribution in [0, 0.1) is 0 Å². The summed E-state index contributed by atoms with van der Waals surface area (Å²) < 4.78 is 15.3. The Bertz CT molecular complexity index is 811. The lowest BCUT2D eigenvalue weighted by atomic mass is 10.1. The molecular weight excluding hydrogens is 382 g/mol. The third-order valence-corrected chi connectivity index (χ3v) is 4.03. The van der Waals surface area contributed by atoms with Crippen molar-refractivity contribution in [1.82, 2.24) is 5.32 Å². The maximum Gasteiger partial charge on any atom is 0.331 e. The number of hydrogen-bond donors (Lipinski definition) is 1. The van der Waals surface area contributed by atoms with Crippen molar-refractivity contribution in [2.24, 2.45) is 0 Å². The third kappa shape index (κ3) is 7.32. The highest BCUT2D eigenvalue weighted by molar-refractivity contribution is 6.30. The zero-order valence-corrected chi connectivity index (χ0v) is 16.5. The summed E-state index contributed by atoms with van der Waals surface area (Å²) in [6.45, 7) is 0.0999. The van der Waals surface area contributed by atoms with Crippen LogP contribution in [0.15, 0.2) is 48.5 Å². The molecule has 0 radical (unpaired) electrons. The predicted molar refractivity (Wildman–Crippen MR) is 108 cm³/mol. The number of nitrogens with one attached hydrogen (secondary N) is 1. The maximum absolute atomic E-state index is 11.8. The molecule has 0 heterocycles. The van der Waals surface area contributed by atoms with E-state index in [0.717, 1.165) is 5.56 Å². The average molecular weight is 404 g/mol. The van der Waals surface area contributed by atoms with Gasteiger partial charge in [0.15, 0.2) is 6.61 Å². The van der Waals surface area contributed by atoms with Crippen molar-refractivity contribution >= 4 is 29.6 Å². The summed E-state index contributed by atoms with van der Waals surface area (Å²) >= 11 is 5.83. The molecule has 0 fully saturated rings. The second-order valence-electron chi connectivity index (χ2n) is 5.81. The molecule has 0 unspecified atom stereocenters. The second-order valence-corrected chi connectivity index (χ2v) is 6.25. The molecular formula is C21H22ClNO5. The molecule has 0 aliphatic heterocycles. The number of carbonyl (C=O) groups excluding carboxylic acids is 2. The van der Waals surface area contributed by atoms with E-state index in [-0.39, 0.29) is 12.5 Å². The third-order valence-electron chi connectivity index (χ3n) is 3.78. The van der Waals surface area contributed by atoms with E-state index in [9.17, 15) is 9.59 Å². The molecule has 0 atom stereocenters. The maximum atomic E-state index is 11.8. The smallest absolute Gasteiger partial charge is 0.331 e. The first-order valence-electron chi connectivity index (χ1n) is 8.59. The Kier molecular flexibility index (Phi) is 8.37. The minimum Gasteiger partial charge on any atom is -0.497 e. The molecule has 0 spiro atoms. The molecule has 28 heavy (non-hydrogen) atoms. The average Bonchev–Trinajstić information content (AvgIpc) is 2.71. The lowest BCUT2D eigenvalue weighted by Crippen LogP contribution is -2.30. The number of ether oxygens (including phenoxy) is 3. The van der Waals surface area contributed by atoms with Crippen molar-refractivity contribution in [3.8, 4) is 11.5 Å². The van der Waals surface area contributed by atoms with Gasteiger partial charge in [-0.2, -0.15) is 0 Å². The van der Waals surface area contributed by atoms with Crippen LogP contribution in [0.4, 0.5) is 0 Å². The fourth-order valence-corrected chi connectivity index (χ4v) is 2.45. The van der Waals surface area contributed by atoms with Crippen LogP contribution in [0.3, 0.4) is 0 Å². The molecule has 2 aromatic carbocycles. The Hall–Kier alpha value is -2.99. The van der Waals surface area contributed by atoms with Crippen molar-refractivity contribution < 1.29 is 23.8 Å². The van der Waals surface area contributed by atoms with Crippen LogP contribution in [0.25, 0.3) is 6.08 Å². The van der Waals surface area contributed by atoms with E-state index in [2.05, 4.69) is 5.32 Å². The molecule has 1 N–H and O–H groups in total. The highest BCUT2D eigenvalue weighted by Gasteiger charge is 2.05. The minimum absolute atomic E-state index is 0.342. The first-order chi connectivity index (χ1) is 13.5. The number of rotatable bonds is 9. The Labute approximate surface area is 169 Å². The van der Waals surface area contributed by atoms with Crippen molar-refractivity contribution in [2.75, 3.05) is 27.4 Å². The van der Waals surface area contributed by atoms with Gasteiger partial charge in [-0.05, 0) is 47.9 Å². The summed E-state index contributed by atoms with van der Waals surface area (Å²) in [6, 6.07) is 12.6. The number of carbonyl (C=O) groups is 2. The molecule has 6 nitrogen and oxygen atoms in total. The summed E-state index contributed by atoms with van der Waals surface area (Å²) in [5.41, 5.74) is 1.76. The van der Waals surface area contributed by atoms with Gasteiger partial charge >= 0.3 is 5.97 Å². The van der Waals surface area contributed by atoms with Gasteiger partial charge in [0.05, 0.1) is 14.2 Å². The Morgan fingerprint density at radius 2 is 1.68 bits per heavy atom. The van der Waals surface area contributed by atoms with Crippen LogP contribution in [-0.4, -0.2) is 39.2 Å². The van der Waals surface area contributed by atoms with Gasteiger partial charge in [-0.15, -0.1) is 0 Å². The van der Waals surface area contributed by atoms with Crippen molar-refractivity contribution in [3.63, 3.8) is 0 Å². The van der Waals surface area contributed by atoms with E-state index in [1.165, 1.54) is 6.08 Å². The van der Waals surface area contributed by atoms with E-state index in [4.69, 9.17) is 25.8 Å². The summed E-state index contributed by atoms with van der Waals surface area (Å²) in [5.74, 6) is 0.230. The number of amides is 1. The highest BCUT2D eigenvalue weighted by Crippen LogP contribution is 2.23. The number of halogens is 1. The van der Waals surface area contributed by atoms with Crippen LogP contribution in [-0.2, 0) is 20.7 Å². The number of esters is 1. The fraction of sp³-hybridized carbons (Fsp3) is 0.238. The van der Waals surface area contributed by atoms with E-state index in [0.29, 0.717) is 35.1 Å². The number of methoxy groups -OCH3 is 2. The van der Waals surface area contributed by atoms with Gasteiger partial charge in [-0.1, -0.05) is 23.7 Å². The standard InChI is InChI=1S/C21H22ClNO5/c1-26-18-11-16(12-19(13-18)27-2)5-8-21(25)28-14-20(24)23-10-9-15-3-6-17(22)7-4-15/h3-8,11-13H,9-10,14H2,1-2H3,(H,23,24)/b8-5+. The van der Waals surface area contributed by atoms with Crippen LogP contribution < -0.4 is 14.8 Å². The first-order valence-corrected chi connectivity index (χ1v) is 8.97. The normalized spacial score (nSPS) is 10.5. The van der Waals surface area contributed by atoms with Gasteiger partial charge in [0, 0.05) is 23.7 Å². The van der Waals surface area contributed by atoms with Crippen molar-refractivity contribution in [2.45, 2.75) is 6.42 Å². The lowest BCUT2D eigenvalue weighted by Gasteiger charge is -2.06. The first kappa shape index (κ1) is 21.3. The molecule has 148 valence electrons. The van der Waals surface area contributed by atoms with Gasteiger partial charge in [-0.25, -0.2) is 4.79 Å². The van der Waals surface area contributed by atoms with Crippen LogP contribution >= 0.6 is 11.6 Å². The van der Waals surface area contributed by atoms with Gasteiger partial charge in [-0.3, -0.25) is 4.79 Å². The molecule has 2 aromatic rings. The topological polar surface area (TPSA) is 73.9 Å². The molecule has 1 amide bonds. The van der Waals surface area contributed by atoms with Gasteiger partial charge in [0.2, 0.25) is 0 Å². The number of benzene rings is 2. The Morgan fingerprint density at radius 3 is 2.29 bits per heavy atom. The quantitative estimate of drug-likeness (QED) is 0.513. The molecule has 0 aliphatic rings. The number of hydrogen-bond acceptors (Lipinski definition) is 5. The van der Waals surface area contributed by atoms with Gasteiger partial charge < -0.3 is 19.5 Å². The zero-order valence-electron chi connectivity index (χ0n) is 15.7. The summed E-state index contributed by atoms with van der Waals surface area (Å²) in [6.07, 6.45) is 3.47. The van der Waals surface area contributed by atoms with Crippen LogP contribution in [0.1, 0.15) is 11.1 Å². The van der Waals surface area contributed by atoms with E-state index < -0.39 is 5.97 Å². The van der Waals surface area contributed by atoms with Gasteiger partial charge in [0.1, 0.15) is 11.5 Å². The summed E-state index contributed by atoms with van der Waals surface area (Å²) in [5, 5.41) is 3.37. The molecule has 2 rings (SSSR count). The Morgan fingerprint density at radius 1 is 1.04 bits per heavy atom. The lowest BCUT2D eigenvalue weighted by molar-refractivity contribution is -0.143. The van der Waals surface area contributed by atoms with Crippen molar-refractivity contribution in [3.05, 3.63) is 64.7 Å². The second kappa shape index (κ2) is 11.0. The largest absolute Gasteiger partial charge is 0.497 e. The minimum atomic E-state index is -0.616. The summed E-state index contributed by atoms with van der Waals surface area (Å²) in [4.78, 5) is 23.6. The van der Waals surface area contributed by atoms with E-state index in [1.807, 2.05) is 12.1 Å². The molecule has 7 heteroatoms. The van der Waals surface area contributed by atoms with Crippen LogP contribution in [0.2, 0.25) is 5.02 Å². The highest BCUT2D eigenvalue weighted by atomic mass is 35.5. The zero-order chi connectivity index (χ0) is 20.4. The predicted octanol–water partition coefficient (Wildman–Crippen LogP) is 3.27. The molecule has 0 saturated heterocycles. The van der Waals surface area contributed by atoms with Crippen LogP contribution in [0.5, 0.6) is 11.5 Å². The molecule has 0 saturated carbocycles. The summed E-state index contributed by atoms with van der Waals surface area (Å²) in [7, 11) is 3.09.